The maximum absolute atomic E-state index is 13.8. The Morgan fingerprint density at radius 1 is 0.750 bits per heavy atom. The molecule has 6 rings (SSSR count). The molecule has 0 spiro atoms. The molecule has 6 atom stereocenters. The van der Waals surface area contributed by atoms with Gasteiger partial charge in [0.2, 0.25) is 0 Å². The first-order chi connectivity index (χ1) is 19.4. The second kappa shape index (κ2) is 11.2. The van der Waals surface area contributed by atoms with Crippen LogP contribution in [0.25, 0.3) is 0 Å². The lowest BCUT2D eigenvalue weighted by molar-refractivity contribution is -0.136. The summed E-state index contributed by atoms with van der Waals surface area (Å²) in [6, 6.07) is 20.0. The molecule has 2 aromatic rings. The number of likely N-dealkylation sites (tertiary alicyclic amines) is 2. The number of ketones is 2. The summed E-state index contributed by atoms with van der Waals surface area (Å²) in [6.07, 6.45) is 9.66. The van der Waals surface area contributed by atoms with Crippen molar-refractivity contribution in [3.05, 3.63) is 71.3 Å². The van der Waals surface area contributed by atoms with E-state index in [1.54, 1.807) is 0 Å². The number of nitrogens with zero attached hydrogens (tertiary/aromatic N) is 2. The highest BCUT2D eigenvalue weighted by Crippen LogP contribution is 2.47. The van der Waals surface area contributed by atoms with Crippen molar-refractivity contribution >= 4 is 11.6 Å². The monoisotopic (exact) mass is 540 g/mol. The molecule has 4 fully saturated rings. The highest BCUT2D eigenvalue weighted by atomic mass is 16.1. The zero-order chi connectivity index (χ0) is 27.9. The van der Waals surface area contributed by atoms with Crippen molar-refractivity contribution in [1.29, 1.82) is 0 Å². The Labute approximate surface area is 241 Å². The van der Waals surface area contributed by atoms with Crippen LogP contribution in [0.5, 0.6) is 0 Å². The molecule has 2 aromatic carbocycles. The fourth-order valence-electron chi connectivity index (χ4n) is 8.85. The molecule has 2 saturated carbocycles. The number of Topliss-reactive ketones (excluding diaryl/α,β-unsaturated/α-hetero) is 2. The first-order valence-corrected chi connectivity index (χ1v) is 16.1. The minimum atomic E-state index is -0.475. The van der Waals surface area contributed by atoms with Gasteiger partial charge in [0.05, 0.1) is 0 Å². The fraction of sp³-hybridized carbons (Fsp3) is 0.611. The summed E-state index contributed by atoms with van der Waals surface area (Å²) in [5.41, 5.74) is 2.82. The van der Waals surface area contributed by atoms with Crippen molar-refractivity contribution in [3.8, 4) is 0 Å². The van der Waals surface area contributed by atoms with E-state index >= 15 is 0 Å². The SMILES string of the molecule is CC1CN(C2(c3cccc(CC4CCN(C5(c6ccccc6)CCCCC5=O)C4C)c3)CCCCC2=O)CC1C. The van der Waals surface area contributed by atoms with Gasteiger partial charge in [0.25, 0.3) is 0 Å². The summed E-state index contributed by atoms with van der Waals surface area (Å²) < 4.78 is 0. The summed E-state index contributed by atoms with van der Waals surface area (Å²) in [5, 5.41) is 0. The van der Waals surface area contributed by atoms with Crippen LogP contribution >= 0.6 is 0 Å². The summed E-state index contributed by atoms with van der Waals surface area (Å²) in [7, 11) is 0. The van der Waals surface area contributed by atoms with Gasteiger partial charge in [-0.1, -0.05) is 81.3 Å². The second-order valence-corrected chi connectivity index (χ2v) is 13.6. The van der Waals surface area contributed by atoms with Crippen LogP contribution in [0.2, 0.25) is 0 Å². The van der Waals surface area contributed by atoms with Crippen molar-refractivity contribution in [2.24, 2.45) is 17.8 Å². The normalized spacial score (nSPS) is 35.9. The van der Waals surface area contributed by atoms with Crippen LogP contribution in [0.15, 0.2) is 54.6 Å². The number of carbonyl (C=O) groups is 2. The molecule has 6 unspecified atom stereocenters. The van der Waals surface area contributed by atoms with Crippen LogP contribution in [-0.4, -0.2) is 47.0 Å². The molecule has 4 heteroatoms. The molecule has 0 amide bonds. The van der Waals surface area contributed by atoms with E-state index in [-0.39, 0.29) is 0 Å². The van der Waals surface area contributed by atoms with Gasteiger partial charge in [0.15, 0.2) is 11.6 Å². The van der Waals surface area contributed by atoms with E-state index < -0.39 is 11.1 Å². The van der Waals surface area contributed by atoms with E-state index in [0.717, 1.165) is 71.0 Å². The molecular weight excluding hydrogens is 492 g/mol. The zero-order valence-electron chi connectivity index (χ0n) is 24.9. The second-order valence-electron chi connectivity index (χ2n) is 13.6. The third-order valence-corrected chi connectivity index (χ3v) is 11.4. The molecule has 2 saturated heterocycles. The maximum Gasteiger partial charge on any atom is 0.157 e. The highest BCUT2D eigenvalue weighted by Gasteiger charge is 2.52. The molecule has 0 radical (unpaired) electrons. The molecule has 2 heterocycles. The zero-order valence-corrected chi connectivity index (χ0v) is 24.9. The molecule has 2 aliphatic carbocycles. The van der Waals surface area contributed by atoms with Gasteiger partial charge in [-0.3, -0.25) is 19.4 Å². The molecule has 4 aliphatic rings. The predicted octanol–water partition coefficient (Wildman–Crippen LogP) is 6.90. The van der Waals surface area contributed by atoms with E-state index in [4.69, 9.17) is 0 Å². The summed E-state index contributed by atoms with van der Waals surface area (Å²) in [5.74, 6) is 2.58. The number of benzene rings is 2. The molecule has 0 N–H and O–H groups in total. The van der Waals surface area contributed by atoms with Gasteiger partial charge < -0.3 is 0 Å². The minimum Gasteiger partial charge on any atom is -0.297 e. The fourth-order valence-corrected chi connectivity index (χ4v) is 8.85. The van der Waals surface area contributed by atoms with Crippen LogP contribution in [0.1, 0.15) is 95.2 Å². The quantitative estimate of drug-likeness (QED) is 0.399. The smallest absolute Gasteiger partial charge is 0.157 e. The number of rotatable bonds is 6. The van der Waals surface area contributed by atoms with Gasteiger partial charge in [-0.15, -0.1) is 0 Å². The van der Waals surface area contributed by atoms with Crippen LogP contribution in [0.3, 0.4) is 0 Å². The van der Waals surface area contributed by atoms with Crippen molar-refractivity contribution < 1.29 is 9.59 Å². The van der Waals surface area contributed by atoms with Crippen LogP contribution in [0.4, 0.5) is 0 Å². The minimum absolute atomic E-state index is 0.330. The lowest BCUT2D eigenvalue weighted by Crippen LogP contribution is -2.55. The van der Waals surface area contributed by atoms with Crippen molar-refractivity contribution in [2.45, 2.75) is 102 Å². The van der Waals surface area contributed by atoms with Crippen LogP contribution in [-0.2, 0) is 27.1 Å². The molecule has 0 aromatic heterocycles. The third-order valence-electron chi connectivity index (χ3n) is 11.4. The Morgan fingerprint density at radius 3 is 2.02 bits per heavy atom. The van der Waals surface area contributed by atoms with Gasteiger partial charge in [0.1, 0.15) is 11.1 Å². The van der Waals surface area contributed by atoms with Crippen molar-refractivity contribution in [3.63, 3.8) is 0 Å². The number of hydrogen-bond donors (Lipinski definition) is 0. The Bertz CT molecular complexity index is 1220. The predicted molar refractivity (Wildman–Crippen MR) is 161 cm³/mol. The largest absolute Gasteiger partial charge is 0.297 e. The van der Waals surface area contributed by atoms with E-state index in [2.05, 4.69) is 85.2 Å². The Balaban J connectivity index is 1.27. The summed E-state index contributed by atoms with van der Waals surface area (Å²) in [6.45, 7) is 10.0. The van der Waals surface area contributed by atoms with Crippen LogP contribution < -0.4 is 0 Å². The average molecular weight is 541 g/mol. The summed E-state index contributed by atoms with van der Waals surface area (Å²) in [4.78, 5) is 32.6. The lowest BCUT2D eigenvalue weighted by Gasteiger charge is -2.46. The molecular formula is C36H48N2O2. The van der Waals surface area contributed by atoms with Gasteiger partial charge in [-0.25, -0.2) is 0 Å². The Morgan fingerprint density at radius 2 is 1.38 bits per heavy atom. The van der Waals surface area contributed by atoms with E-state index in [1.807, 2.05) is 0 Å². The molecule has 40 heavy (non-hydrogen) atoms. The van der Waals surface area contributed by atoms with Crippen molar-refractivity contribution in [1.82, 2.24) is 9.80 Å². The van der Waals surface area contributed by atoms with E-state index in [1.165, 1.54) is 16.7 Å². The molecule has 214 valence electrons. The maximum atomic E-state index is 13.8. The Kier molecular flexibility index (Phi) is 7.78. The lowest BCUT2D eigenvalue weighted by atomic mass is 9.73. The summed E-state index contributed by atoms with van der Waals surface area (Å²) >= 11 is 0. The number of hydrogen-bond acceptors (Lipinski definition) is 4. The standard InChI is InChI=1S/C36H48N2O2/c1-26-24-37(25-27(26)2)35(19-9-7-16-33(35)39)32-15-11-12-29(23-32)22-30-18-21-38(28(30)3)36(20-10-8-17-34(36)40)31-13-5-4-6-14-31/h4-6,11-15,23,26-28,30H,7-10,16-22,24-25H2,1-3H3. The van der Waals surface area contributed by atoms with Gasteiger partial charge >= 0.3 is 0 Å². The van der Waals surface area contributed by atoms with Crippen LogP contribution in [0, 0.1) is 17.8 Å². The van der Waals surface area contributed by atoms with Gasteiger partial charge in [-0.2, -0.15) is 0 Å². The molecule has 4 nitrogen and oxygen atoms in total. The number of carbonyl (C=O) groups excluding carboxylic acids is 2. The Hall–Kier alpha value is -2.30. The van der Waals surface area contributed by atoms with Gasteiger partial charge in [-0.05, 0) is 79.9 Å². The third kappa shape index (κ3) is 4.60. The van der Waals surface area contributed by atoms with Crippen molar-refractivity contribution in [2.75, 3.05) is 19.6 Å². The first-order valence-electron chi connectivity index (χ1n) is 16.1. The molecule has 2 aliphatic heterocycles. The topological polar surface area (TPSA) is 40.6 Å². The van der Waals surface area contributed by atoms with E-state index in [9.17, 15) is 9.59 Å². The van der Waals surface area contributed by atoms with Gasteiger partial charge in [0, 0.05) is 38.5 Å². The van der Waals surface area contributed by atoms with E-state index in [0.29, 0.717) is 48.2 Å². The average Bonchev–Trinajstić information content (AvgIpc) is 3.51. The molecule has 0 bridgehead atoms. The highest BCUT2D eigenvalue weighted by molar-refractivity contribution is 5.91. The first kappa shape index (κ1) is 27.8.